The summed E-state index contributed by atoms with van der Waals surface area (Å²) >= 11 is 1.26. The minimum Gasteiger partial charge on any atom is -0.467 e. The Morgan fingerprint density at radius 3 is 2.68 bits per heavy atom. The summed E-state index contributed by atoms with van der Waals surface area (Å²) in [4.78, 5) is 17.8. The number of hydrogen-bond acceptors (Lipinski definition) is 8. The van der Waals surface area contributed by atoms with Crippen molar-refractivity contribution in [2.45, 2.75) is 36.0 Å². The van der Waals surface area contributed by atoms with Gasteiger partial charge in [-0.05, 0) is 49.4 Å². The molecular weight excluding hydrogens is 478 g/mol. The Labute approximate surface area is 199 Å². The van der Waals surface area contributed by atoms with Gasteiger partial charge in [-0.2, -0.15) is 5.10 Å². The van der Waals surface area contributed by atoms with Gasteiger partial charge in [0.05, 0.1) is 34.2 Å². The molecule has 1 aromatic carbocycles. The molecule has 2 N–H and O–H groups in total. The average Bonchev–Trinajstić information content (AvgIpc) is 3.60. The normalized spacial score (nSPS) is 16.4. The first-order valence-electron chi connectivity index (χ1n) is 10.5. The lowest BCUT2D eigenvalue weighted by Crippen LogP contribution is -2.28. The number of hydrogen-bond donors (Lipinski definition) is 1. The van der Waals surface area contributed by atoms with E-state index in [0.717, 1.165) is 5.52 Å². The van der Waals surface area contributed by atoms with Crippen LogP contribution < -0.4 is 5.14 Å². The Balaban J connectivity index is 1.40. The minimum atomic E-state index is -3.84. The predicted molar refractivity (Wildman–Crippen MR) is 126 cm³/mol. The number of carbonyl (C=O) groups excluding carboxylic acids is 1. The van der Waals surface area contributed by atoms with Gasteiger partial charge in [-0.25, -0.2) is 23.5 Å². The van der Waals surface area contributed by atoms with Gasteiger partial charge in [0, 0.05) is 13.0 Å². The molecule has 1 aliphatic heterocycles. The fraction of sp³-hybridized carbons (Fsp3) is 0.227. The standard InChI is InChI=1S/C22H21N5O5S2/c1-2-26-17-8-7-14(34(23,29)30)11-15(17)24-22(26)33-13-21(28)27-18(20-6-4-10-32-20)12-16(25-27)19-5-3-9-31-19/h3-11,18H,2,12-13H2,1H3,(H2,23,29,30)/t18-/m0/s1. The molecule has 5 rings (SSSR count). The van der Waals surface area contributed by atoms with Crippen LogP contribution in [0, 0.1) is 0 Å². The van der Waals surface area contributed by atoms with Gasteiger partial charge in [0.15, 0.2) is 5.16 Å². The van der Waals surface area contributed by atoms with Gasteiger partial charge >= 0.3 is 0 Å². The monoisotopic (exact) mass is 499 g/mol. The van der Waals surface area contributed by atoms with Gasteiger partial charge in [0.1, 0.15) is 23.3 Å². The summed E-state index contributed by atoms with van der Waals surface area (Å²) in [6.45, 7) is 2.55. The van der Waals surface area contributed by atoms with Gasteiger partial charge in [-0.15, -0.1) is 0 Å². The summed E-state index contributed by atoms with van der Waals surface area (Å²) in [5, 5.41) is 11.8. The van der Waals surface area contributed by atoms with Gasteiger partial charge in [0.2, 0.25) is 10.0 Å². The molecule has 3 aromatic heterocycles. The molecule has 0 saturated heterocycles. The summed E-state index contributed by atoms with van der Waals surface area (Å²) in [5.41, 5.74) is 1.93. The van der Waals surface area contributed by atoms with Gasteiger partial charge in [-0.1, -0.05) is 11.8 Å². The number of nitrogens with zero attached hydrogens (tertiary/aromatic N) is 4. The van der Waals surface area contributed by atoms with Crippen LogP contribution in [-0.4, -0.2) is 40.3 Å². The lowest BCUT2D eigenvalue weighted by Gasteiger charge is -2.19. The Bertz CT molecular complexity index is 1470. The largest absolute Gasteiger partial charge is 0.467 e. The number of amides is 1. The van der Waals surface area contributed by atoms with E-state index in [1.54, 1.807) is 36.8 Å². The molecule has 176 valence electrons. The summed E-state index contributed by atoms with van der Waals surface area (Å²) in [5.74, 6) is 1.11. The quantitative estimate of drug-likeness (QED) is 0.385. The number of primary sulfonamides is 1. The van der Waals surface area contributed by atoms with E-state index in [1.807, 2.05) is 17.6 Å². The van der Waals surface area contributed by atoms with E-state index in [4.69, 9.17) is 14.0 Å². The molecule has 0 spiro atoms. The Morgan fingerprint density at radius 1 is 1.21 bits per heavy atom. The van der Waals surface area contributed by atoms with Crippen molar-refractivity contribution in [3.8, 4) is 0 Å². The SMILES string of the molecule is CCn1c(SCC(=O)N2N=C(c3ccco3)C[C@H]2c2ccco2)nc2cc(S(N)(=O)=O)ccc21. The molecule has 34 heavy (non-hydrogen) atoms. The highest BCUT2D eigenvalue weighted by atomic mass is 32.2. The number of aryl methyl sites for hydroxylation is 1. The number of imidazole rings is 1. The maximum absolute atomic E-state index is 13.2. The Hall–Kier alpha value is -3.35. The molecule has 0 unspecified atom stereocenters. The second kappa shape index (κ2) is 8.78. The van der Waals surface area contributed by atoms with Crippen LogP contribution in [0.25, 0.3) is 11.0 Å². The number of fused-ring (bicyclic) bond motifs is 1. The van der Waals surface area contributed by atoms with E-state index in [-0.39, 0.29) is 22.6 Å². The number of benzene rings is 1. The summed E-state index contributed by atoms with van der Waals surface area (Å²) < 4.78 is 36.4. The van der Waals surface area contributed by atoms with Crippen molar-refractivity contribution >= 4 is 44.4 Å². The average molecular weight is 500 g/mol. The first-order chi connectivity index (χ1) is 16.3. The topological polar surface area (TPSA) is 137 Å². The molecule has 0 saturated carbocycles. The lowest BCUT2D eigenvalue weighted by molar-refractivity contribution is -0.130. The highest BCUT2D eigenvalue weighted by molar-refractivity contribution is 7.99. The van der Waals surface area contributed by atoms with Gasteiger partial charge in [0.25, 0.3) is 5.91 Å². The number of furan rings is 2. The second-order valence-corrected chi connectivity index (χ2v) is 10.1. The maximum Gasteiger partial charge on any atom is 0.253 e. The number of nitrogens with two attached hydrogens (primary N) is 1. The van der Waals surface area contributed by atoms with Crippen LogP contribution in [0.3, 0.4) is 0 Å². The molecule has 1 atom stereocenters. The van der Waals surface area contributed by atoms with Crippen LogP contribution in [0.2, 0.25) is 0 Å². The van der Waals surface area contributed by atoms with Crippen LogP contribution in [0.15, 0.2) is 79.0 Å². The van der Waals surface area contributed by atoms with Gasteiger partial charge in [-0.3, -0.25) is 4.79 Å². The highest BCUT2D eigenvalue weighted by Crippen LogP contribution is 2.34. The number of carbonyl (C=O) groups is 1. The van der Waals surface area contributed by atoms with Gasteiger partial charge < -0.3 is 13.4 Å². The number of thioether (sulfide) groups is 1. The van der Waals surface area contributed by atoms with Crippen molar-refractivity contribution in [3.63, 3.8) is 0 Å². The molecule has 12 heteroatoms. The maximum atomic E-state index is 13.2. The fourth-order valence-electron chi connectivity index (χ4n) is 3.91. The van der Waals surface area contributed by atoms with Crippen molar-refractivity contribution in [3.05, 3.63) is 66.5 Å². The third-order valence-corrected chi connectivity index (χ3v) is 7.37. The van der Waals surface area contributed by atoms with Crippen LogP contribution >= 0.6 is 11.8 Å². The number of hydrazone groups is 1. The zero-order chi connectivity index (χ0) is 23.9. The molecule has 1 amide bonds. The molecule has 4 heterocycles. The van der Waals surface area contributed by atoms with Crippen molar-refractivity contribution in [1.82, 2.24) is 14.6 Å². The van der Waals surface area contributed by atoms with Crippen molar-refractivity contribution < 1.29 is 22.0 Å². The van der Waals surface area contributed by atoms with E-state index in [0.29, 0.717) is 40.9 Å². The third kappa shape index (κ3) is 4.15. The van der Waals surface area contributed by atoms with E-state index in [9.17, 15) is 13.2 Å². The summed E-state index contributed by atoms with van der Waals surface area (Å²) in [7, 11) is -3.84. The molecule has 0 aliphatic carbocycles. The highest BCUT2D eigenvalue weighted by Gasteiger charge is 2.35. The van der Waals surface area contributed by atoms with Crippen LogP contribution in [0.4, 0.5) is 0 Å². The van der Waals surface area contributed by atoms with E-state index in [2.05, 4.69) is 10.1 Å². The molecule has 0 fully saturated rings. The van der Waals surface area contributed by atoms with E-state index in [1.165, 1.54) is 28.9 Å². The predicted octanol–water partition coefficient (Wildman–Crippen LogP) is 3.36. The summed E-state index contributed by atoms with van der Waals surface area (Å²) in [6.07, 6.45) is 3.61. The molecule has 10 nitrogen and oxygen atoms in total. The minimum absolute atomic E-state index is 0.00784. The first-order valence-corrected chi connectivity index (χ1v) is 13.0. The molecule has 0 bridgehead atoms. The molecule has 1 aliphatic rings. The molecule has 4 aromatic rings. The zero-order valence-electron chi connectivity index (χ0n) is 18.1. The molecular formula is C22H21N5O5S2. The second-order valence-electron chi connectivity index (χ2n) is 7.62. The van der Waals surface area contributed by atoms with Crippen molar-refractivity contribution in [2.75, 3.05) is 5.75 Å². The Morgan fingerprint density at radius 2 is 2.00 bits per heavy atom. The Kier molecular flexibility index (Phi) is 5.80. The number of sulfonamides is 1. The van der Waals surface area contributed by atoms with Crippen LogP contribution in [0.5, 0.6) is 0 Å². The zero-order valence-corrected chi connectivity index (χ0v) is 19.8. The fourth-order valence-corrected chi connectivity index (χ4v) is 5.37. The molecule has 0 radical (unpaired) electrons. The van der Waals surface area contributed by atoms with E-state index < -0.39 is 10.0 Å². The van der Waals surface area contributed by atoms with Crippen LogP contribution in [0.1, 0.15) is 30.9 Å². The number of rotatable bonds is 7. The van der Waals surface area contributed by atoms with Crippen LogP contribution in [-0.2, 0) is 21.4 Å². The number of aromatic nitrogens is 2. The first kappa shape index (κ1) is 22.4. The smallest absolute Gasteiger partial charge is 0.253 e. The van der Waals surface area contributed by atoms with Crippen molar-refractivity contribution in [1.29, 1.82) is 0 Å². The third-order valence-electron chi connectivity index (χ3n) is 5.50. The van der Waals surface area contributed by atoms with Crippen molar-refractivity contribution in [2.24, 2.45) is 10.2 Å². The summed E-state index contributed by atoms with van der Waals surface area (Å²) in [6, 6.07) is 11.4. The lowest BCUT2D eigenvalue weighted by atomic mass is 10.1. The van der Waals surface area contributed by atoms with E-state index >= 15 is 0 Å².